The van der Waals surface area contributed by atoms with Gasteiger partial charge in [-0.3, -0.25) is 0 Å². The van der Waals surface area contributed by atoms with Crippen molar-refractivity contribution in [3.63, 3.8) is 0 Å². The maximum atomic E-state index is 10.7. The highest BCUT2D eigenvalue weighted by Gasteiger charge is 2.11. The number of carboxylic acids is 1. The number of carboxylic acid groups (broad SMARTS) is 1. The van der Waals surface area contributed by atoms with Gasteiger partial charge in [0.05, 0.1) is 13.2 Å². The number of ether oxygens (including phenoxy) is 1. The Morgan fingerprint density at radius 1 is 1.32 bits per heavy atom. The first-order valence-corrected chi connectivity index (χ1v) is 5.98. The van der Waals surface area contributed by atoms with E-state index in [9.17, 15) is 4.79 Å². The second-order valence-corrected chi connectivity index (χ2v) is 4.17. The number of carbonyl (C=O) groups is 1. The molecule has 1 aliphatic rings. The maximum absolute atomic E-state index is 10.7. The summed E-state index contributed by atoms with van der Waals surface area (Å²) >= 11 is 0. The van der Waals surface area contributed by atoms with Crippen LogP contribution < -0.4 is 4.90 Å². The van der Waals surface area contributed by atoms with Gasteiger partial charge >= 0.3 is 5.97 Å². The number of nitriles is 1. The van der Waals surface area contributed by atoms with Crippen molar-refractivity contribution in [2.45, 2.75) is 0 Å². The minimum Gasteiger partial charge on any atom is -0.477 e. The normalized spacial score (nSPS) is 15.9. The molecule has 0 spiro atoms. The number of morpholine rings is 1. The third kappa shape index (κ3) is 3.33. The number of hydrogen-bond donors (Lipinski definition) is 1. The molecule has 98 valence electrons. The molecule has 0 unspecified atom stereocenters. The lowest BCUT2D eigenvalue weighted by molar-refractivity contribution is -0.132. The third-order valence-corrected chi connectivity index (χ3v) is 2.93. The second-order valence-electron chi connectivity index (χ2n) is 4.17. The summed E-state index contributed by atoms with van der Waals surface area (Å²) in [5.41, 5.74) is 1.52. The number of aliphatic carboxylic acids is 1. The smallest absolute Gasteiger partial charge is 0.346 e. The molecule has 0 amide bonds. The standard InChI is InChI=1S/C14H14N2O3/c15-10-12(14(17)18)9-11-1-3-13(4-2-11)16-5-7-19-8-6-16/h1-4,9H,5-8H2,(H,17,18)/b12-9-. The minimum absolute atomic E-state index is 0.265. The predicted molar refractivity (Wildman–Crippen MR) is 70.7 cm³/mol. The molecule has 5 heteroatoms. The van der Waals surface area contributed by atoms with E-state index in [1.165, 1.54) is 6.08 Å². The Labute approximate surface area is 111 Å². The van der Waals surface area contributed by atoms with E-state index in [4.69, 9.17) is 15.1 Å². The highest BCUT2D eigenvalue weighted by molar-refractivity contribution is 5.96. The molecular formula is C14H14N2O3. The Kier molecular flexibility index (Phi) is 4.16. The van der Waals surface area contributed by atoms with Crippen LogP contribution in [0.4, 0.5) is 5.69 Å². The summed E-state index contributed by atoms with van der Waals surface area (Å²) in [6.45, 7) is 3.15. The van der Waals surface area contributed by atoms with E-state index in [2.05, 4.69) is 4.90 Å². The number of hydrogen-bond acceptors (Lipinski definition) is 4. The van der Waals surface area contributed by atoms with Gasteiger partial charge in [-0.1, -0.05) is 12.1 Å². The van der Waals surface area contributed by atoms with Gasteiger partial charge in [-0.15, -0.1) is 0 Å². The van der Waals surface area contributed by atoms with Crippen LogP contribution >= 0.6 is 0 Å². The number of benzene rings is 1. The largest absolute Gasteiger partial charge is 0.477 e. The SMILES string of the molecule is N#C/C(=C/c1ccc(N2CCOCC2)cc1)C(=O)O. The van der Waals surface area contributed by atoms with E-state index in [0.29, 0.717) is 5.56 Å². The van der Waals surface area contributed by atoms with Crippen LogP contribution in [0.25, 0.3) is 6.08 Å². The molecular weight excluding hydrogens is 244 g/mol. The average molecular weight is 258 g/mol. The van der Waals surface area contributed by atoms with E-state index in [-0.39, 0.29) is 5.57 Å². The molecule has 1 N–H and O–H groups in total. The predicted octanol–water partition coefficient (Wildman–Crippen LogP) is 1.51. The Morgan fingerprint density at radius 2 is 1.95 bits per heavy atom. The van der Waals surface area contributed by atoms with Gasteiger partial charge in [-0.05, 0) is 23.8 Å². The first kappa shape index (κ1) is 13.1. The molecule has 1 aromatic carbocycles. The maximum Gasteiger partial charge on any atom is 0.346 e. The molecule has 0 aromatic heterocycles. The van der Waals surface area contributed by atoms with Crippen molar-refractivity contribution in [3.8, 4) is 6.07 Å². The highest BCUT2D eigenvalue weighted by atomic mass is 16.5. The van der Waals surface area contributed by atoms with Crippen molar-refractivity contribution in [2.75, 3.05) is 31.2 Å². The molecule has 5 nitrogen and oxygen atoms in total. The van der Waals surface area contributed by atoms with Crippen LogP contribution in [-0.4, -0.2) is 37.4 Å². The number of rotatable bonds is 3. The van der Waals surface area contributed by atoms with Crippen LogP contribution in [0.3, 0.4) is 0 Å². The van der Waals surface area contributed by atoms with E-state index in [1.54, 1.807) is 6.07 Å². The third-order valence-electron chi connectivity index (χ3n) is 2.93. The summed E-state index contributed by atoms with van der Waals surface area (Å²) in [7, 11) is 0. The highest BCUT2D eigenvalue weighted by Crippen LogP contribution is 2.18. The molecule has 2 rings (SSSR count). The summed E-state index contributed by atoms with van der Waals surface area (Å²) in [6, 6.07) is 9.13. The van der Waals surface area contributed by atoms with E-state index in [0.717, 1.165) is 32.0 Å². The van der Waals surface area contributed by atoms with Crippen molar-refractivity contribution < 1.29 is 14.6 Å². The molecule has 0 aliphatic carbocycles. The van der Waals surface area contributed by atoms with Gasteiger partial charge in [0, 0.05) is 18.8 Å². The quantitative estimate of drug-likeness (QED) is 0.657. The number of nitrogens with zero attached hydrogens (tertiary/aromatic N) is 2. The van der Waals surface area contributed by atoms with Crippen molar-refractivity contribution in [1.29, 1.82) is 5.26 Å². The molecule has 1 aromatic rings. The van der Waals surface area contributed by atoms with Crippen molar-refractivity contribution in [1.82, 2.24) is 0 Å². The lowest BCUT2D eigenvalue weighted by Gasteiger charge is -2.28. The van der Waals surface area contributed by atoms with Crippen molar-refractivity contribution >= 4 is 17.7 Å². The fraction of sp³-hybridized carbons (Fsp3) is 0.286. The van der Waals surface area contributed by atoms with Crippen LogP contribution in [0.1, 0.15) is 5.56 Å². The fourth-order valence-corrected chi connectivity index (χ4v) is 1.91. The second kappa shape index (κ2) is 6.03. The summed E-state index contributed by atoms with van der Waals surface area (Å²) < 4.78 is 5.29. The number of anilines is 1. The topological polar surface area (TPSA) is 73.6 Å². The summed E-state index contributed by atoms with van der Waals surface area (Å²) in [5, 5.41) is 17.5. The van der Waals surface area contributed by atoms with E-state index < -0.39 is 5.97 Å². The van der Waals surface area contributed by atoms with Crippen molar-refractivity contribution in [2.24, 2.45) is 0 Å². The zero-order valence-corrected chi connectivity index (χ0v) is 10.4. The Balaban J connectivity index is 2.14. The molecule has 1 heterocycles. The van der Waals surface area contributed by atoms with Crippen LogP contribution in [0.15, 0.2) is 29.8 Å². The van der Waals surface area contributed by atoms with E-state index in [1.807, 2.05) is 24.3 Å². The van der Waals surface area contributed by atoms with Crippen LogP contribution in [0.2, 0.25) is 0 Å². The van der Waals surface area contributed by atoms with Gasteiger partial charge in [0.25, 0.3) is 0 Å². The van der Waals surface area contributed by atoms with Crippen LogP contribution in [0.5, 0.6) is 0 Å². The van der Waals surface area contributed by atoms with Crippen molar-refractivity contribution in [3.05, 3.63) is 35.4 Å². The molecule has 19 heavy (non-hydrogen) atoms. The molecule has 1 saturated heterocycles. The monoisotopic (exact) mass is 258 g/mol. The molecule has 1 aliphatic heterocycles. The van der Waals surface area contributed by atoms with E-state index >= 15 is 0 Å². The van der Waals surface area contributed by atoms with Gasteiger partial charge in [0.15, 0.2) is 0 Å². The molecule has 1 fully saturated rings. The van der Waals surface area contributed by atoms with Crippen LogP contribution in [0, 0.1) is 11.3 Å². The minimum atomic E-state index is -1.21. The lowest BCUT2D eigenvalue weighted by Crippen LogP contribution is -2.36. The first-order valence-electron chi connectivity index (χ1n) is 5.98. The average Bonchev–Trinajstić information content (AvgIpc) is 2.46. The molecule has 0 radical (unpaired) electrons. The summed E-state index contributed by atoms with van der Waals surface area (Å²) in [4.78, 5) is 12.9. The van der Waals surface area contributed by atoms with Gasteiger partial charge in [0.2, 0.25) is 0 Å². The van der Waals surface area contributed by atoms with Gasteiger partial charge in [0.1, 0.15) is 11.6 Å². The van der Waals surface area contributed by atoms with Gasteiger partial charge in [-0.2, -0.15) is 5.26 Å². The lowest BCUT2D eigenvalue weighted by atomic mass is 10.1. The zero-order chi connectivity index (χ0) is 13.7. The Bertz CT molecular complexity index is 523. The van der Waals surface area contributed by atoms with Crippen LogP contribution in [-0.2, 0) is 9.53 Å². The summed E-state index contributed by atoms with van der Waals surface area (Å²) in [5.74, 6) is -1.21. The fourth-order valence-electron chi connectivity index (χ4n) is 1.91. The van der Waals surface area contributed by atoms with Gasteiger partial charge in [-0.25, -0.2) is 4.79 Å². The van der Waals surface area contributed by atoms with Gasteiger partial charge < -0.3 is 14.7 Å². The zero-order valence-electron chi connectivity index (χ0n) is 10.4. The molecule has 0 saturated carbocycles. The summed E-state index contributed by atoms with van der Waals surface area (Å²) in [6.07, 6.45) is 1.37. The first-order chi connectivity index (χ1) is 9.20. The Hall–Kier alpha value is -2.32. The molecule has 0 atom stereocenters. The molecule has 0 bridgehead atoms. The Morgan fingerprint density at radius 3 is 2.47 bits per heavy atom.